The number of carbonyl (C=O) groups excluding carboxylic acids is 4. The summed E-state index contributed by atoms with van der Waals surface area (Å²) in [5.74, 6) is -1.81. The van der Waals surface area contributed by atoms with Crippen LogP contribution in [-0.4, -0.2) is 102 Å². The summed E-state index contributed by atoms with van der Waals surface area (Å²) in [5.41, 5.74) is 0.718. The molecule has 0 fully saturated rings. The van der Waals surface area contributed by atoms with Crippen molar-refractivity contribution in [1.82, 2.24) is 0 Å². The zero-order valence-electron chi connectivity index (χ0n) is 25.0. The van der Waals surface area contributed by atoms with Crippen molar-refractivity contribution in [3.8, 4) is 0 Å². The van der Waals surface area contributed by atoms with E-state index in [9.17, 15) is 19.2 Å². The first-order valence-electron chi connectivity index (χ1n) is 13.0. The molecule has 0 aromatic carbocycles. The fraction of sp³-hybridized carbons (Fsp3) is 0.586. The monoisotopic (exact) mass is 586 g/mol. The van der Waals surface area contributed by atoms with Gasteiger partial charge in [0.05, 0.1) is 51.8 Å². The Bertz CT molecular complexity index is 802. The van der Waals surface area contributed by atoms with Crippen molar-refractivity contribution in [2.24, 2.45) is 0 Å². The molecule has 234 valence electrons. The van der Waals surface area contributed by atoms with Crippen LogP contribution in [0.15, 0.2) is 49.6 Å². The van der Waals surface area contributed by atoms with Crippen molar-refractivity contribution in [1.29, 1.82) is 0 Å². The summed E-state index contributed by atoms with van der Waals surface area (Å²) in [5, 5.41) is 0. The molecule has 0 radical (unpaired) electrons. The molecule has 12 nitrogen and oxygen atoms in total. The van der Waals surface area contributed by atoms with Crippen LogP contribution in [0.5, 0.6) is 0 Å². The molecule has 0 aliphatic rings. The van der Waals surface area contributed by atoms with Gasteiger partial charge in [0, 0.05) is 23.3 Å². The molecule has 0 aromatic rings. The molecule has 0 bridgehead atoms. The molecule has 0 heterocycles. The Balaban J connectivity index is 0. The highest BCUT2D eigenvalue weighted by Gasteiger charge is 2.12. The third-order valence-electron chi connectivity index (χ3n) is 4.33. The molecule has 12 heteroatoms. The van der Waals surface area contributed by atoms with Gasteiger partial charge in [-0.3, -0.25) is 0 Å². The number of carbonyl (C=O) groups is 4. The van der Waals surface area contributed by atoms with Gasteiger partial charge in [0.1, 0.15) is 25.9 Å². The summed E-state index contributed by atoms with van der Waals surface area (Å²) >= 11 is 0. The highest BCUT2D eigenvalue weighted by molar-refractivity contribution is 5.87. The van der Waals surface area contributed by atoms with Crippen molar-refractivity contribution in [3.05, 3.63) is 49.6 Å². The zero-order chi connectivity index (χ0) is 31.6. The Labute approximate surface area is 243 Å². The first-order valence-corrected chi connectivity index (χ1v) is 13.0. The number of hydrogen-bond acceptors (Lipinski definition) is 12. The first-order chi connectivity index (χ1) is 19.3. The molecule has 3 unspecified atom stereocenters. The predicted molar refractivity (Wildman–Crippen MR) is 151 cm³/mol. The average Bonchev–Trinajstić information content (AvgIpc) is 2.94. The topological polar surface area (TPSA) is 142 Å². The molecule has 0 N–H and O–H groups in total. The zero-order valence-corrected chi connectivity index (χ0v) is 25.0. The van der Waals surface area contributed by atoms with E-state index in [-0.39, 0.29) is 44.7 Å². The Morgan fingerprint density at radius 2 is 0.976 bits per heavy atom. The van der Waals surface area contributed by atoms with Crippen LogP contribution in [0.4, 0.5) is 0 Å². The van der Waals surface area contributed by atoms with E-state index in [4.69, 9.17) is 37.9 Å². The number of rotatable bonds is 22. The predicted octanol–water partition coefficient (Wildman–Crippen LogP) is 2.90. The molecule has 0 amide bonds. The summed E-state index contributed by atoms with van der Waals surface area (Å²) in [4.78, 5) is 43.8. The minimum absolute atomic E-state index is 0.158. The van der Waals surface area contributed by atoms with Crippen LogP contribution in [0.2, 0.25) is 0 Å². The number of ether oxygens (including phenoxy) is 8. The lowest BCUT2D eigenvalue weighted by atomic mass is 10.4. The van der Waals surface area contributed by atoms with Gasteiger partial charge in [0.25, 0.3) is 0 Å². The Hall–Kier alpha value is -3.32. The molecular formula is C29H46O12. The lowest BCUT2D eigenvalue weighted by Gasteiger charge is -2.19. The normalized spacial score (nSPS) is 12.3. The summed E-state index contributed by atoms with van der Waals surface area (Å²) < 4.78 is 40.8. The van der Waals surface area contributed by atoms with Crippen LogP contribution >= 0.6 is 0 Å². The Morgan fingerprint density at radius 3 is 1.39 bits per heavy atom. The largest absolute Gasteiger partial charge is 0.460 e. The fourth-order valence-corrected chi connectivity index (χ4v) is 2.19. The maximum atomic E-state index is 11.0. The maximum absolute atomic E-state index is 11.0. The van der Waals surface area contributed by atoms with E-state index in [0.717, 1.165) is 12.2 Å². The van der Waals surface area contributed by atoms with Crippen molar-refractivity contribution in [3.63, 3.8) is 0 Å². The lowest BCUT2D eigenvalue weighted by molar-refractivity contribution is -0.148. The van der Waals surface area contributed by atoms with Crippen LogP contribution in [0, 0.1) is 0 Å². The molecule has 0 saturated carbocycles. The molecule has 0 rings (SSSR count). The van der Waals surface area contributed by atoms with Gasteiger partial charge in [-0.05, 0) is 34.6 Å². The highest BCUT2D eigenvalue weighted by atomic mass is 16.6. The smallest absolute Gasteiger partial charge is 0.333 e. The van der Waals surface area contributed by atoms with E-state index < -0.39 is 23.9 Å². The maximum Gasteiger partial charge on any atom is 0.333 e. The summed E-state index contributed by atoms with van der Waals surface area (Å²) in [6.45, 7) is 24.5. The van der Waals surface area contributed by atoms with Crippen molar-refractivity contribution in [2.45, 2.75) is 52.9 Å². The third-order valence-corrected chi connectivity index (χ3v) is 4.33. The fourth-order valence-electron chi connectivity index (χ4n) is 2.19. The van der Waals surface area contributed by atoms with Crippen LogP contribution < -0.4 is 0 Å². The molecule has 0 saturated heterocycles. The van der Waals surface area contributed by atoms with E-state index in [1.54, 1.807) is 27.7 Å². The van der Waals surface area contributed by atoms with E-state index in [1.807, 2.05) is 6.92 Å². The molecule has 0 spiro atoms. The van der Waals surface area contributed by atoms with Gasteiger partial charge >= 0.3 is 23.9 Å². The quantitative estimate of drug-likeness (QED) is 0.0797. The minimum Gasteiger partial charge on any atom is -0.460 e. The molecule has 0 aliphatic heterocycles. The second-order valence-corrected chi connectivity index (χ2v) is 8.63. The van der Waals surface area contributed by atoms with Gasteiger partial charge in [-0.2, -0.15) is 0 Å². The SMILES string of the molecule is C=C(C)C(=O)OCCOCCOCCOC(=O)C(=C)C.C=CC(=O)OCC(C)OCC(C)OCC(C)OC(=O)C=C. The van der Waals surface area contributed by atoms with Gasteiger partial charge in [0.15, 0.2) is 0 Å². The van der Waals surface area contributed by atoms with E-state index in [1.165, 1.54) is 0 Å². The minimum atomic E-state index is -0.479. The summed E-state index contributed by atoms with van der Waals surface area (Å²) in [7, 11) is 0. The first kappa shape index (κ1) is 39.8. The van der Waals surface area contributed by atoms with E-state index in [0.29, 0.717) is 44.2 Å². The van der Waals surface area contributed by atoms with Crippen molar-refractivity contribution < 1.29 is 57.1 Å². The molecular weight excluding hydrogens is 540 g/mol. The second-order valence-electron chi connectivity index (χ2n) is 8.63. The van der Waals surface area contributed by atoms with Gasteiger partial charge in [-0.1, -0.05) is 26.3 Å². The number of hydrogen-bond donors (Lipinski definition) is 0. The third kappa shape index (κ3) is 26.7. The van der Waals surface area contributed by atoms with Gasteiger partial charge in [0.2, 0.25) is 0 Å². The molecule has 41 heavy (non-hydrogen) atoms. The van der Waals surface area contributed by atoms with E-state index >= 15 is 0 Å². The van der Waals surface area contributed by atoms with Crippen LogP contribution in [0.1, 0.15) is 34.6 Å². The highest BCUT2D eigenvalue weighted by Crippen LogP contribution is 2.01. The molecule has 0 aromatic heterocycles. The van der Waals surface area contributed by atoms with Gasteiger partial charge in [-0.15, -0.1) is 0 Å². The van der Waals surface area contributed by atoms with E-state index in [2.05, 4.69) is 26.3 Å². The van der Waals surface area contributed by atoms with Crippen LogP contribution in [0.3, 0.4) is 0 Å². The van der Waals surface area contributed by atoms with Crippen molar-refractivity contribution >= 4 is 23.9 Å². The summed E-state index contributed by atoms with van der Waals surface area (Å²) in [6, 6.07) is 0. The lowest BCUT2D eigenvalue weighted by Crippen LogP contribution is -2.27. The standard InChI is InChI=1S/C15H24O6.C14H22O6/c1-6-14(16)20-9-12(4)18-8-11(3)19-10-13(5)21-15(17)7-2;1-11(2)13(15)19-9-7-17-5-6-18-8-10-20-14(16)12(3)4/h6-7,11-13H,1-2,8-10H2,3-5H3;1,3,5-10H2,2,4H3. The Morgan fingerprint density at radius 1 is 0.585 bits per heavy atom. The molecule has 0 aliphatic carbocycles. The molecule has 3 atom stereocenters. The summed E-state index contributed by atoms with van der Waals surface area (Å²) in [6.07, 6.45) is 1.44. The van der Waals surface area contributed by atoms with Gasteiger partial charge in [-0.25, -0.2) is 19.2 Å². The Kier molecular flexibility index (Phi) is 24.9. The van der Waals surface area contributed by atoms with Gasteiger partial charge < -0.3 is 37.9 Å². The van der Waals surface area contributed by atoms with Crippen LogP contribution in [-0.2, 0) is 57.1 Å². The van der Waals surface area contributed by atoms with Crippen molar-refractivity contribution in [2.75, 3.05) is 59.5 Å². The number of esters is 4. The second kappa shape index (κ2) is 25.6. The average molecular weight is 587 g/mol. The van der Waals surface area contributed by atoms with Crippen LogP contribution in [0.25, 0.3) is 0 Å².